The highest BCUT2D eigenvalue weighted by atomic mass is 16.5. The first kappa shape index (κ1) is 13.5. The van der Waals surface area contributed by atoms with Crippen molar-refractivity contribution in [2.24, 2.45) is 5.92 Å². The van der Waals surface area contributed by atoms with E-state index in [0.29, 0.717) is 19.8 Å². The van der Waals surface area contributed by atoms with Crippen molar-refractivity contribution >= 4 is 11.9 Å². The zero-order valence-electron chi connectivity index (χ0n) is 10.8. The van der Waals surface area contributed by atoms with Gasteiger partial charge in [0.1, 0.15) is 0 Å². The maximum absolute atomic E-state index is 12.1. The minimum atomic E-state index is -0.945. The number of carbonyl (C=O) groups excluding carboxylic acids is 1. The SMILES string of the molecule is CN(Cc1ccc(C(=O)O)cc1)C(=O)C1CCOC1. The van der Waals surface area contributed by atoms with Gasteiger partial charge in [-0.15, -0.1) is 0 Å². The molecule has 1 amide bonds. The Morgan fingerprint density at radius 2 is 2.05 bits per heavy atom. The smallest absolute Gasteiger partial charge is 0.335 e. The van der Waals surface area contributed by atoms with E-state index in [2.05, 4.69) is 0 Å². The van der Waals surface area contributed by atoms with Crippen LogP contribution in [0.5, 0.6) is 0 Å². The van der Waals surface area contributed by atoms with Crippen LogP contribution in [0.3, 0.4) is 0 Å². The molecule has 0 radical (unpaired) electrons. The van der Waals surface area contributed by atoms with Crippen LogP contribution < -0.4 is 0 Å². The van der Waals surface area contributed by atoms with Gasteiger partial charge >= 0.3 is 5.97 Å². The van der Waals surface area contributed by atoms with Crippen molar-refractivity contribution in [3.8, 4) is 0 Å². The zero-order chi connectivity index (χ0) is 13.8. The molecule has 0 aromatic heterocycles. The molecule has 1 saturated heterocycles. The molecule has 1 aromatic carbocycles. The van der Waals surface area contributed by atoms with Gasteiger partial charge in [-0.2, -0.15) is 0 Å². The van der Waals surface area contributed by atoms with E-state index >= 15 is 0 Å². The number of hydrogen-bond acceptors (Lipinski definition) is 3. The molecule has 102 valence electrons. The Morgan fingerprint density at radius 1 is 1.37 bits per heavy atom. The number of nitrogens with zero attached hydrogens (tertiary/aromatic N) is 1. The van der Waals surface area contributed by atoms with Crippen molar-refractivity contribution in [3.63, 3.8) is 0 Å². The number of ether oxygens (including phenoxy) is 1. The molecule has 0 bridgehead atoms. The number of aromatic carboxylic acids is 1. The molecule has 19 heavy (non-hydrogen) atoms. The third-order valence-corrected chi connectivity index (χ3v) is 3.28. The van der Waals surface area contributed by atoms with Crippen LogP contribution in [0.15, 0.2) is 24.3 Å². The summed E-state index contributed by atoms with van der Waals surface area (Å²) in [7, 11) is 1.76. The molecule has 1 unspecified atom stereocenters. The molecule has 0 saturated carbocycles. The summed E-state index contributed by atoms with van der Waals surface area (Å²) in [4.78, 5) is 24.5. The molecule has 1 heterocycles. The number of amides is 1. The quantitative estimate of drug-likeness (QED) is 0.891. The number of benzene rings is 1. The lowest BCUT2D eigenvalue weighted by Gasteiger charge is -2.20. The van der Waals surface area contributed by atoms with Crippen LogP contribution in [0.1, 0.15) is 22.3 Å². The third kappa shape index (κ3) is 3.32. The molecule has 0 aliphatic carbocycles. The summed E-state index contributed by atoms with van der Waals surface area (Å²) < 4.78 is 5.21. The van der Waals surface area contributed by atoms with E-state index < -0.39 is 5.97 Å². The van der Waals surface area contributed by atoms with E-state index in [1.807, 2.05) is 0 Å². The molecular formula is C14H17NO4. The van der Waals surface area contributed by atoms with Crippen LogP contribution in [0.2, 0.25) is 0 Å². The standard InChI is InChI=1S/C14H17NO4/c1-15(13(16)12-6-7-19-9-12)8-10-2-4-11(5-3-10)14(17)18/h2-5,12H,6-9H2,1H3,(H,17,18). The van der Waals surface area contributed by atoms with Gasteiger partial charge in [-0.05, 0) is 24.1 Å². The summed E-state index contributed by atoms with van der Waals surface area (Å²) in [5, 5.41) is 8.81. The first-order valence-corrected chi connectivity index (χ1v) is 6.23. The van der Waals surface area contributed by atoms with Gasteiger partial charge in [-0.3, -0.25) is 4.79 Å². The highest BCUT2D eigenvalue weighted by molar-refractivity contribution is 5.87. The fourth-order valence-corrected chi connectivity index (χ4v) is 2.15. The van der Waals surface area contributed by atoms with Crippen LogP contribution in [0, 0.1) is 5.92 Å². The zero-order valence-corrected chi connectivity index (χ0v) is 10.8. The molecule has 1 aliphatic heterocycles. The summed E-state index contributed by atoms with van der Waals surface area (Å²) >= 11 is 0. The van der Waals surface area contributed by atoms with E-state index in [4.69, 9.17) is 9.84 Å². The number of carboxylic acid groups (broad SMARTS) is 1. The summed E-state index contributed by atoms with van der Waals surface area (Å²) in [5.41, 5.74) is 1.17. The first-order valence-electron chi connectivity index (χ1n) is 6.23. The molecule has 2 rings (SSSR count). The predicted octanol–water partition coefficient (Wildman–Crippen LogP) is 1.38. The molecule has 1 N–H and O–H groups in total. The average molecular weight is 263 g/mol. The summed E-state index contributed by atoms with van der Waals surface area (Å²) in [5.74, 6) is -0.901. The molecule has 1 atom stereocenters. The Hall–Kier alpha value is -1.88. The van der Waals surface area contributed by atoms with Gasteiger partial charge in [0.15, 0.2) is 0 Å². The van der Waals surface area contributed by atoms with Crippen LogP contribution in [-0.2, 0) is 16.1 Å². The second-order valence-electron chi connectivity index (χ2n) is 4.76. The molecule has 1 aliphatic rings. The maximum Gasteiger partial charge on any atom is 0.335 e. The number of hydrogen-bond donors (Lipinski definition) is 1. The molecular weight excluding hydrogens is 246 g/mol. The van der Waals surface area contributed by atoms with Gasteiger partial charge in [0, 0.05) is 20.2 Å². The minimum absolute atomic E-state index is 0.0386. The van der Waals surface area contributed by atoms with E-state index in [0.717, 1.165) is 12.0 Å². The van der Waals surface area contributed by atoms with Crippen LogP contribution in [-0.4, -0.2) is 42.1 Å². The lowest BCUT2D eigenvalue weighted by Crippen LogP contribution is -2.32. The van der Waals surface area contributed by atoms with Gasteiger partial charge in [0.2, 0.25) is 5.91 Å². The third-order valence-electron chi connectivity index (χ3n) is 3.28. The van der Waals surface area contributed by atoms with Crippen molar-refractivity contribution < 1.29 is 19.4 Å². The summed E-state index contributed by atoms with van der Waals surface area (Å²) in [6.07, 6.45) is 0.779. The number of rotatable bonds is 4. The Balaban J connectivity index is 1.96. The Morgan fingerprint density at radius 3 is 2.58 bits per heavy atom. The fraction of sp³-hybridized carbons (Fsp3) is 0.429. The maximum atomic E-state index is 12.1. The van der Waals surface area contributed by atoms with Crippen molar-refractivity contribution in [2.75, 3.05) is 20.3 Å². The van der Waals surface area contributed by atoms with Gasteiger partial charge < -0.3 is 14.7 Å². The highest BCUT2D eigenvalue weighted by Crippen LogP contribution is 2.16. The Kier molecular flexibility index (Phi) is 4.16. The highest BCUT2D eigenvalue weighted by Gasteiger charge is 2.26. The van der Waals surface area contributed by atoms with Crippen LogP contribution in [0.4, 0.5) is 0 Å². The van der Waals surface area contributed by atoms with Gasteiger partial charge in [-0.25, -0.2) is 4.79 Å². The molecule has 5 nitrogen and oxygen atoms in total. The lowest BCUT2D eigenvalue weighted by atomic mass is 10.1. The van der Waals surface area contributed by atoms with E-state index in [1.165, 1.54) is 0 Å². The second kappa shape index (κ2) is 5.84. The normalized spacial score (nSPS) is 18.3. The van der Waals surface area contributed by atoms with Crippen molar-refractivity contribution in [3.05, 3.63) is 35.4 Å². The molecule has 1 aromatic rings. The first-order chi connectivity index (χ1) is 9.08. The fourth-order valence-electron chi connectivity index (χ4n) is 2.15. The van der Waals surface area contributed by atoms with E-state index in [9.17, 15) is 9.59 Å². The molecule has 1 fully saturated rings. The Bertz CT molecular complexity index is 463. The summed E-state index contributed by atoms with van der Waals surface area (Å²) in [6.45, 7) is 1.63. The number of carboxylic acids is 1. The Labute approximate surface area is 111 Å². The van der Waals surface area contributed by atoms with Crippen LogP contribution >= 0.6 is 0 Å². The van der Waals surface area contributed by atoms with Crippen molar-refractivity contribution in [1.29, 1.82) is 0 Å². The molecule has 0 spiro atoms. The van der Waals surface area contributed by atoms with Gasteiger partial charge in [-0.1, -0.05) is 12.1 Å². The monoisotopic (exact) mass is 263 g/mol. The average Bonchev–Trinajstić information content (AvgIpc) is 2.92. The topological polar surface area (TPSA) is 66.8 Å². The van der Waals surface area contributed by atoms with Gasteiger partial charge in [0.05, 0.1) is 18.1 Å². The largest absolute Gasteiger partial charge is 0.478 e. The van der Waals surface area contributed by atoms with Crippen molar-refractivity contribution in [1.82, 2.24) is 4.90 Å². The number of carbonyl (C=O) groups is 2. The van der Waals surface area contributed by atoms with E-state index in [1.54, 1.807) is 36.2 Å². The lowest BCUT2D eigenvalue weighted by molar-refractivity contribution is -0.134. The minimum Gasteiger partial charge on any atom is -0.478 e. The predicted molar refractivity (Wildman–Crippen MR) is 68.8 cm³/mol. The van der Waals surface area contributed by atoms with Crippen LogP contribution in [0.25, 0.3) is 0 Å². The second-order valence-corrected chi connectivity index (χ2v) is 4.76. The van der Waals surface area contributed by atoms with Gasteiger partial charge in [0.25, 0.3) is 0 Å². The molecule has 5 heteroatoms. The van der Waals surface area contributed by atoms with E-state index in [-0.39, 0.29) is 17.4 Å². The van der Waals surface area contributed by atoms with Crippen molar-refractivity contribution in [2.45, 2.75) is 13.0 Å². The summed E-state index contributed by atoms with van der Waals surface area (Å²) in [6, 6.07) is 6.57.